The number of thiazole rings is 3. The molecular formula is C88H114N14O9S3. The van der Waals surface area contributed by atoms with Crippen LogP contribution in [0, 0.1) is 6.92 Å². The zero-order valence-electron chi connectivity index (χ0n) is 67.6. The quantitative estimate of drug-likeness (QED) is 0.0397. The monoisotopic (exact) mass is 1610 g/mol. The van der Waals surface area contributed by atoms with E-state index in [0.29, 0.717) is 82.4 Å². The number of aromatic nitrogens is 6. The van der Waals surface area contributed by atoms with Crippen molar-refractivity contribution in [2.75, 3.05) is 140 Å². The van der Waals surface area contributed by atoms with Crippen LogP contribution < -0.4 is 28.9 Å². The van der Waals surface area contributed by atoms with E-state index in [9.17, 15) is 24.0 Å². The number of Topliss-reactive ketones (excluding diaryl/α,β-unsaturated/α-hetero) is 2. The van der Waals surface area contributed by atoms with Crippen molar-refractivity contribution in [2.24, 2.45) is 0 Å². The van der Waals surface area contributed by atoms with Crippen molar-refractivity contribution in [1.82, 2.24) is 54.4 Å². The van der Waals surface area contributed by atoms with E-state index in [1.165, 1.54) is 22.9 Å². The van der Waals surface area contributed by atoms with Gasteiger partial charge in [0, 0.05) is 225 Å². The predicted octanol–water partition coefficient (Wildman–Crippen LogP) is 15.7. The lowest BCUT2D eigenvalue weighted by Crippen LogP contribution is -2.35. The molecule has 6 aromatic heterocycles. The van der Waals surface area contributed by atoms with Crippen molar-refractivity contribution < 1.29 is 43.3 Å². The van der Waals surface area contributed by atoms with Gasteiger partial charge in [-0.2, -0.15) is 0 Å². The normalized spacial score (nSPS) is 17.4. The Labute approximate surface area is 683 Å². The molecule has 11 heterocycles. The zero-order valence-corrected chi connectivity index (χ0v) is 70.1. The third-order valence-electron chi connectivity index (χ3n) is 22.7. The van der Waals surface area contributed by atoms with E-state index in [4.69, 9.17) is 49.2 Å². The van der Waals surface area contributed by atoms with Crippen molar-refractivity contribution in [3.63, 3.8) is 0 Å². The lowest BCUT2D eigenvalue weighted by atomic mass is 10.0. The maximum absolute atomic E-state index is 13.3. The molecule has 1 aliphatic carbocycles. The Morgan fingerprint density at radius 1 is 0.526 bits per heavy atom. The number of hydrogen-bond donors (Lipinski definition) is 1. The number of ether oxygens (including phenoxy) is 3. The summed E-state index contributed by atoms with van der Waals surface area (Å²) in [5, 5.41) is 22.3. The third kappa shape index (κ3) is 21.4. The summed E-state index contributed by atoms with van der Waals surface area (Å²) >= 11 is 5.20. The highest BCUT2D eigenvalue weighted by molar-refractivity contribution is 7.10. The Bertz CT molecular complexity index is 4540. The van der Waals surface area contributed by atoms with Gasteiger partial charge in [-0.15, -0.1) is 34.0 Å². The second-order valence-electron chi connectivity index (χ2n) is 31.7. The van der Waals surface area contributed by atoms with Gasteiger partial charge in [-0.05, 0) is 125 Å². The summed E-state index contributed by atoms with van der Waals surface area (Å²) in [6.45, 7) is 25.7. The largest absolute Gasteiger partial charge is 0.494 e. The van der Waals surface area contributed by atoms with Gasteiger partial charge in [0.15, 0.2) is 0 Å². The molecule has 0 bridgehead atoms. The van der Waals surface area contributed by atoms with Crippen LogP contribution in [0.5, 0.6) is 17.2 Å². The zero-order chi connectivity index (χ0) is 79.6. The van der Waals surface area contributed by atoms with Crippen LogP contribution >= 0.6 is 34.0 Å². The van der Waals surface area contributed by atoms with E-state index in [-0.39, 0.29) is 41.9 Å². The molecule has 0 spiro atoms. The fraction of sp³-hybridized carbons (Fsp3) is 0.534. The minimum absolute atomic E-state index is 0.0165. The summed E-state index contributed by atoms with van der Waals surface area (Å²) in [5.41, 5.74) is 10.3. The molecule has 2 unspecified atom stereocenters. The number of benzene rings is 3. The Kier molecular flexibility index (Phi) is 29.3. The molecule has 2 atom stereocenters. The highest BCUT2D eigenvalue weighted by Gasteiger charge is 2.35. The number of nitrogens with zero attached hydrogens (tertiary/aromatic N) is 14. The van der Waals surface area contributed by atoms with Crippen LogP contribution in [0.4, 0.5) is 17.1 Å². The predicted molar refractivity (Wildman–Crippen MR) is 456 cm³/mol. The average Bonchev–Trinajstić information content (AvgIpc) is 0.896. The standard InChI is InChI=1S/C31H39N5O3S.C31H41N5O3S.C26H34N4O3S/c1-39-27-12-11-22-6-2-13-32-29(22)30(27)36-17-5-16-34(18-19-36)26(25-21-40-31(33-25)23-9-10-23)20-24(37)7-3-14-35-15-4-8-28(35)38;1-22(2)31-33-25(21-40-31)26(20-24(37)9-5-14-35-15-6-10-28(35)38)34-16-7-17-36(19-18-34)30-27(39-3)12-11-23-8-4-13-32-29(23)30;1-18(2)26-28-21(17-34-26)16-29-10-6-11-30(13-12-29)24-23-20(7-4-9-27-23)15-19(3)25(24)33-14-5-8-22(31)32/h2,6,11-13,21,23,26H,3-5,7-10,14-20H2,1H3;4,8,11-13,21-22,26H,5-7,9-10,14-20H2,1-3H3;4,7,9,15,17-18H,5-6,8,10-14,16H2,1-3H3,(H,31,32). The maximum atomic E-state index is 13.3. The van der Waals surface area contributed by atoms with Gasteiger partial charge in [0.1, 0.15) is 45.9 Å². The number of carbonyl (C=O) groups is 5. The molecule has 5 aliphatic heterocycles. The number of hydrogen-bond acceptors (Lipinski definition) is 23. The highest BCUT2D eigenvalue weighted by atomic mass is 32.1. The van der Waals surface area contributed by atoms with E-state index in [1.54, 1.807) is 48.2 Å². The van der Waals surface area contributed by atoms with Crippen LogP contribution in [0.2, 0.25) is 0 Å². The summed E-state index contributed by atoms with van der Waals surface area (Å²) in [4.78, 5) is 109. The number of likely N-dealkylation sites (tertiary alicyclic amines) is 2. The fourth-order valence-electron chi connectivity index (χ4n) is 16.5. The molecule has 1 saturated carbocycles. The van der Waals surface area contributed by atoms with Crippen molar-refractivity contribution in [1.29, 1.82) is 0 Å². The lowest BCUT2D eigenvalue weighted by molar-refractivity contribution is -0.137. The van der Waals surface area contributed by atoms with E-state index < -0.39 is 5.97 Å². The Morgan fingerprint density at radius 2 is 1.03 bits per heavy atom. The Hall–Kier alpha value is -8.79. The Morgan fingerprint density at radius 3 is 1.54 bits per heavy atom. The number of carboxylic acid groups (broad SMARTS) is 1. The first kappa shape index (κ1) is 83.2. The molecule has 1 N–H and O–H groups in total. The number of aryl methyl sites for hydroxylation is 1. The topological polar surface area (TPSA) is 237 Å². The molecule has 5 saturated heterocycles. The molecule has 15 rings (SSSR count). The second kappa shape index (κ2) is 40.2. The molecule has 26 heteroatoms. The molecule has 2 amide bonds. The summed E-state index contributed by atoms with van der Waals surface area (Å²) in [7, 11) is 3.44. The Balaban J connectivity index is 0.000000150. The number of anilines is 3. The van der Waals surface area contributed by atoms with Gasteiger partial charge >= 0.3 is 5.97 Å². The molecule has 23 nitrogen and oxygen atoms in total. The fourth-order valence-corrected chi connectivity index (χ4v) is 19.3. The molecular weight excluding hydrogens is 1490 g/mol. The van der Waals surface area contributed by atoms with Crippen molar-refractivity contribution in [2.45, 2.75) is 180 Å². The van der Waals surface area contributed by atoms with Gasteiger partial charge in [-0.1, -0.05) is 45.9 Å². The van der Waals surface area contributed by atoms with E-state index in [2.05, 4.69) is 117 Å². The molecule has 3 aromatic carbocycles. The van der Waals surface area contributed by atoms with Crippen LogP contribution in [0.15, 0.2) is 101 Å². The van der Waals surface area contributed by atoms with E-state index in [1.807, 2.05) is 58.7 Å². The van der Waals surface area contributed by atoms with E-state index in [0.717, 1.165) is 238 Å². The van der Waals surface area contributed by atoms with Gasteiger partial charge < -0.3 is 43.8 Å². The number of ketones is 2. The molecule has 0 radical (unpaired) electrons. The first-order valence-electron chi connectivity index (χ1n) is 41.4. The van der Waals surface area contributed by atoms with Gasteiger partial charge in [-0.25, -0.2) is 15.0 Å². The first-order valence-corrected chi connectivity index (χ1v) is 44.1. The van der Waals surface area contributed by atoms with Crippen LogP contribution in [0.25, 0.3) is 32.7 Å². The molecule has 114 heavy (non-hydrogen) atoms. The van der Waals surface area contributed by atoms with Crippen LogP contribution in [0.1, 0.15) is 204 Å². The SMILES string of the molecule is COc1ccc2cccnc2c1N1CCCN(C(CC(=O)CCCN2CCCC2=O)c2csc(C(C)C)n2)CC1.COc1ccc2cccnc2c1N1CCCN(C(CC(=O)CCCN2CCCC2=O)c2csc(C3CC3)n2)CC1.Cc1cc2cccnc2c(N2CCCN(Cc3csc(C(C)C)n3)CC2)c1OCCCC(=O)O. The molecule has 6 aliphatic rings. The first-order chi connectivity index (χ1) is 55.5. The smallest absolute Gasteiger partial charge is 0.303 e. The van der Waals surface area contributed by atoms with Crippen molar-refractivity contribution in [3.8, 4) is 17.2 Å². The van der Waals surface area contributed by atoms with Gasteiger partial charge in [0.05, 0.1) is 81.6 Å². The minimum Gasteiger partial charge on any atom is -0.494 e. The lowest BCUT2D eigenvalue weighted by Gasteiger charge is -2.30. The number of carbonyl (C=O) groups excluding carboxylic acids is 4. The van der Waals surface area contributed by atoms with Crippen LogP contribution in [-0.4, -0.2) is 214 Å². The molecule has 608 valence electrons. The van der Waals surface area contributed by atoms with Crippen LogP contribution in [-0.2, 0) is 30.5 Å². The summed E-state index contributed by atoms with van der Waals surface area (Å²) in [6.07, 6.45) is 18.1. The number of pyridine rings is 3. The third-order valence-corrected chi connectivity index (χ3v) is 26.1. The highest BCUT2D eigenvalue weighted by Crippen LogP contribution is 2.45. The van der Waals surface area contributed by atoms with E-state index >= 15 is 0 Å². The van der Waals surface area contributed by atoms with Crippen molar-refractivity contribution >= 4 is 113 Å². The summed E-state index contributed by atoms with van der Waals surface area (Å²) in [5.74, 6) is 4.11. The second-order valence-corrected chi connectivity index (χ2v) is 34.4. The number of rotatable bonds is 31. The maximum Gasteiger partial charge on any atom is 0.303 e. The van der Waals surface area contributed by atoms with Crippen LogP contribution in [0.3, 0.4) is 0 Å². The van der Waals surface area contributed by atoms with Gasteiger partial charge in [-0.3, -0.25) is 53.6 Å². The summed E-state index contributed by atoms with van der Waals surface area (Å²) < 4.78 is 17.8. The number of fused-ring (bicyclic) bond motifs is 3. The van der Waals surface area contributed by atoms with Crippen molar-refractivity contribution in [3.05, 3.63) is 139 Å². The number of aliphatic carboxylic acids is 1. The summed E-state index contributed by atoms with van der Waals surface area (Å²) in [6, 6.07) is 22.4. The number of amides is 2. The molecule has 9 aromatic rings. The average molecular weight is 1610 g/mol. The number of methoxy groups -OCH3 is 2. The molecule has 6 fully saturated rings. The van der Waals surface area contributed by atoms with Gasteiger partial charge in [0.2, 0.25) is 11.8 Å². The number of carboxylic acids is 1. The van der Waals surface area contributed by atoms with Gasteiger partial charge in [0.25, 0.3) is 0 Å². The minimum atomic E-state index is -0.797.